The third-order valence-electron chi connectivity index (χ3n) is 10.1. The number of carboxylic acid groups (broad SMARTS) is 4. The van der Waals surface area contributed by atoms with E-state index in [-0.39, 0.29) is 24.3 Å². The first-order valence-corrected chi connectivity index (χ1v) is 16.6. The summed E-state index contributed by atoms with van der Waals surface area (Å²) in [7, 11) is 0. The number of aliphatic hydroxyl groups is 2. The Balaban J connectivity index is 2.25. The van der Waals surface area contributed by atoms with E-state index in [1.807, 2.05) is 0 Å². The molecule has 0 unspecified atom stereocenters. The molecule has 0 heterocycles. The molecule has 0 aliphatic heterocycles. The summed E-state index contributed by atoms with van der Waals surface area (Å²) in [6.07, 6.45) is -30.1. The van der Waals surface area contributed by atoms with E-state index in [2.05, 4.69) is 0 Å². The minimum atomic E-state index is -5.90. The van der Waals surface area contributed by atoms with E-state index < -0.39 is 151 Å². The Morgan fingerprint density at radius 3 is 0.700 bits per heavy atom. The van der Waals surface area contributed by atoms with E-state index in [0.717, 1.165) is 0 Å². The van der Waals surface area contributed by atoms with Crippen LogP contribution in [0.3, 0.4) is 0 Å². The number of aliphatic hydroxyl groups excluding tert-OH is 2. The van der Waals surface area contributed by atoms with Gasteiger partial charge in [-0.15, -0.1) is 0 Å². The number of rotatable bonds is 8. The molecular formula is C38H24F12O10. The van der Waals surface area contributed by atoms with Gasteiger partial charge in [0.25, 0.3) is 0 Å². The van der Waals surface area contributed by atoms with Crippen molar-refractivity contribution in [2.75, 3.05) is 0 Å². The zero-order valence-corrected chi connectivity index (χ0v) is 29.2. The quantitative estimate of drug-likeness (QED) is 0.0935. The summed E-state index contributed by atoms with van der Waals surface area (Å²) in [6.45, 7) is 0. The van der Waals surface area contributed by atoms with Crippen LogP contribution in [-0.2, 0) is 24.7 Å². The van der Waals surface area contributed by atoms with Gasteiger partial charge in [0.1, 0.15) is 0 Å². The average molecular weight is 869 g/mol. The van der Waals surface area contributed by atoms with Crippen molar-refractivity contribution in [2.45, 2.75) is 60.6 Å². The largest absolute Gasteiger partial charge is 0.478 e. The van der Waals surface area contributed by atoms with Crippen LogP contribution in [0.5, 0.6) is 0 Å². The molecule has 0 aromatic heterocycles. The Kier molecular flexibility index (Phi) is 11.6. The number of benzene rings is 4. The SMILES string of the molecule is O=C(O)c1cccc(C(F)(F)F)c1[C@@H]1[C@H](c2c(C(=O)O)cccc2C(F)(F)F)[C@H](c2c(C(=O)O)cccc2C(F)(F)F)[C@H](O)[C@H](O)[C@@H]1c1c(C(=O)O)cccc1C(F)(F)F. The number of hydrogen-bond acceptors (Lipinski definition) is 6. The molecule has 22 heteroatoms. The van der Waals surface area contributed by atoms with Gasteiger partial charge in [0, 0.05) is 23.7 Å². The first-order valence-electron chi connectivity index (χ1n) is 16.6. The van der Waals surface area contributed by atoms with Crippen LogP contribution in [0.2, 0.25) is 0 Å². The van der Waals surface area contributed by atoms with Crippen molar-refractivity contribution in [1.29, 1.82) is 0 Å². The van der Waals surface area contributed by atoms with E-state index in [9.17, 15) is 76.2 Å². The van der Waals surface area contributed by atoms with E-state index in [1.165, 1.54) is 0 Å². The van der Waals surface area contributed by atoms with Gasteiger partial charge in [-0.25, -0.2) is 19.2 Å². The van der Waals surface area contributed by atoms with E-state index in [1.54, 1.807) is 0 Å². The van der Waals surface area contributed by atoms with Crippen LogP contribution in [0.15, 0.2) is 72.8 Å². The molecule has 1 aliphatic rings. The lowest BCUT2D eigenvalue weighted by Gasteiger charge is -2.51. The highest BCUT2D eigenvalue weighted by Gasteiger charge is 2.60. The van der Waals surface area contributed by atoms with Gasteiger partial charge in [-0.2, -0.15) is 52.7 Å². The monoisotopic (exact) mass is 868 g/mol. The number of carbonyl (C=O) groups is 4. The Morgan fingerprint density at radius 2 is 0.533 bits per heavy atom. The molecule has 1 saturated carbocycles. The Morgan fingerprint density at radius 1 is 0.350 bits per heavy atom. The Hall–Kier alpha value is -6.16. The van der Waals surface area contributed by atoms with E-state index in [0.29, 0.717) is 48.5 Å². The molecule has 0 spiro atoms. The highest BCUT2D eigenvalue weighted by atomic mass is 19.4. The van der Waals surface area contributed by atoms with Crippen LogP contribution in [0.4, 0.5) is 52.7 Å². The normalized spacial score (nSPS) is 21.4. The van der Waals surface area contributed by atoms with Crippen molar-refractivity contribution < 1.29 is 103 Å². The van der Waals surface area contributed by atoms with Gasteiger partial charge in [0.2, 0.25) is 0 Å². The first-order chi connectivity index (χ1) is 27.5. The summed E-state index contributed by atoms with van der Waals surface area (Å²) in [6, 6.07) is 3.28. The maximum atomic E-state index is 15.2. The molecular weight excluding hydrogens is 844 g/mol. The second kappa shape index (κ2) is 15.5. The average Bonchev–Trinajstić information content (AvgIpc) is 3.12. The standard InChI is InChI=1S/C38H24F12O10/c39-35(40,41)17-9-1-5-13(31(53)54)21(17)25-26(22-14(32(55)56)6-2-10-18(22)36(42,43)44)28(24-16(34(59)60)8-4-12-20(24)38(48,49)50)30(52)29(51)27(25)23-15(33(57)58)7-3-11-19(23)37(45,46)47/h1-12,25-30,51-52H,(H,53,54)(H,55,56)(H,57,58)(H,59,60)/t25-,26+,27-,28+,29-,30+. The van der Waals surface area contributed by atoms with Gasteiger partial charge in [-0.3, -0.25) is 0 Å². The molecule has 0 amide bonds. The summed E-state index contributed by atoms with van der Waals surface area (Å²) < 4.78 is 181. The first kappa shape index (κ1) is 44.9. The van der Waals surface area contributed by atoms with Crippen molar-refractivity contribution >= 4 is 23.9 Å². The van der Waals surface area contributed by atoms with Crippen LogP contribution < -0.4 is 0 Å². The molecule has 4 aromatic rings. The molecule has 5 rings (SSSR count). The van der Waals surface area contributed by atoms with E-state index in [4.69, 9.17) is 0 Å². The van der Waals surface area contributed by atoms with Crippen LogP contribution >= 0.6 is 0 Å². The molecule has 10 nitrogen and oxygen atoms in total. The minimum Gasteiger partial charge on any atom is -0.478 e. The Labute approximate surface area is 326 Å². The van der Waals surface area contributed by atoms with Gasteiger partial charge < -0.3 is 30.6 Å². The van der Waals surface area contributed by atoms with Crippen LogP contribution in [0.25, 0.3) is 0 Å². The summed E-state index contributed by atoms with van der Waals surface area (Å²) in [5.41, 5.74) is -22.7. The predicted molar refractivity (Wildman–Crippen MR) is 177 cm³/mol. The lowest BCUT2D eigenvalue weighted by Crippen LogP contribution is -2.51. The highest BCUT2D eigenvalue weighted by molar-refractivity contribution is 5.94. The molecule has 4 aromatic carbocycles. The zero-order valence-electron chi connectivity index (χ0n) is 29.2. The van der Waals surface area contributed by atoms with Gasteiger partial charge in [0.15, 0.2) is 0 Å². The molecule has 0 saturated heterocycles. The lowest BCUT2D eigenvalue weighted by atomic mass is 9.53. The lowest BCUT2D eigenvalue weighted by molar-refractivity contribution is -0.143. The van der Waals surface area contributed by atoms with Crippen molar-refractivity contribution in [1.82, 2.24) is 0 Å². The number of alkyl halides is 12. The van der Waals surface area contributed by atoms with Crippen LogP contribution in [0.1, 0.15) is 110 Å². The number of hydrogen-bond donors (Lipinski definition) is 6. The fraction of sp³-hybridized carbons (Fsp3) is 0.263. The minimum absolute atomic E-state index is 0.0379. The van der Waals surface area contributed by atoms with Gasteiger partial charge in [-0.05, 0) is 70.8 Å². The van der Waals surface area contributed by atoms with Crippen molar-refractivity contribution in [3.8, 4) is 0 Å². The Bertz CT molecular complexity index is 2220. The third kappa shape index (κ3) is 7.95. The van der Waals surface area contributed by atoms with Crippen LogP contribution in [0, 0.1) is 0 Å². The summed E-state index contributed by atoms with van der Waals surface area (Å²) in [5.74, 6) is -22.8. The maximum absolute atomic E-state index is 15.2. The summed E-state index contributed by atoms with van der Waals surface area (Å²) in [4.78, 5) is 50.8. The molecule has 60 heavy (non-hydrogen) atoms. The van der Waals surface area contributed by atoms with Gasteiger partial charge in [0.05, 0.1) is 56.7 Å². The number of aromatic carboxylic acids is 4. The second-order valence-electron chi connectivity index (χ2n) is 13.4. The molecule has 1 fully saturated rings. The molecule has 320 valence electrons. The van der Waals surface area contributed by atoms with Gasteiger partial charge in [-0.1, -0.05) is 24.3 Å². The highest BCUT2D eigenvalue weighted by Crippen LogP contribution is 2.63. The van der Waals surface area contributed by atoms with Crippen LogP contribution in [-0.4, -0.2) is 66.7 Å². The smallest absolute Gasteiger partial charge is 0.416 e. The second-order valence-corrected chi connectivity index (χ2v) is 13.4. The summed E-state index contributed by atoms with van der Waals surface area (Å²) >= 11 is 0. The number of halogens is 12. The topological polar surface area (TPSA) is 190 Å². The fourth-order valence-electron chi connectivity index (χ4n) is 8.15. The molecule has 1 aliphatic carbocycles. The van der Waals surface area contributed by atoms with E-state index >= 15 is 26.3 Å². The van der Waals surface area contributed by atoms with Crippen molar-refractivity contribution in [3.05, 3.63) is 140 Å². The van der Waals surface area contributed by atoms with Crippen molar-refractivity contribution in [2.24, 2.45) is 0 Å². The predicted octanol–water partition coefficient (Wildman–Crippen LogP) is 8.73. The number of carboxylic acids is 4. The molecule has 6 N–H and O–H groups in total. The van der Waals surface area contributed by atoms with Crippen molar-refractivity contribution in [3.63, 3.8) is 0 Å². The summed E-state index contributed by atoms with van der Waals surface area (Å²) in [5, 5.41) is 64.7. The fourth-order valence-corrected chi connectivity index (χ4v) is 8.15. The maximum Gasteiger partial charge on any atom is 0.416 e. The molecule has 0 bridgehead atoms. The third-order valence-corrected chi connectivity index (χ3v) is 10.1. The zero-order chi connectivity index (χ0) is 45.2. The molecule has 0 radical (unpaired) electrons. The molecule has 6 atom stereocenters. The van der Waals surface area contributed by atoms with Gasteiger partial charge >= 0.3 is 48.6 Å².